The number of aliphatic hydroxyl groups is 1. The van der Waals surface area contributed by atoms with Gasteiger partial charge in [-0.15, -0.1) is 0 Å². The fourth-order valence-corrected chi connectivity index (χ4v) is 1.31. The van der Waals surface area contributed by atoms with Crippen LogP contribution in [0.3, 0.4) is 0 Å². The molecule has 0 unspecified atom stereocenters. The number of rotatable bonds is 2. The molecule has 0 heterocycles. The molecule has 5 nitrogen and oxygen atoms in total. The number of alkyl halides is 3. The van der Waals surface area contributed by atoms with E-state index in [-0.39, 0.29) is 0 Å². The number of phenols is 3. The highest BCUT2D eigenvalue weighted by atomic mass is 19.4. The van der Waals surface area contributed by atoms with Crippen molar-refractivity contribution in [2.24, 2.45) is 5.73 Å². The third-order valence-electron chi connectivity index (χ3n) is 2.13. The summed E-state index contributed by atoms with van der Waals surface area (Å²) in [5.41, 5.74) is 4.42. The zero-order valence-corrected chi connectivity index (χ0v) is 8.31. The summed E-state index contributed by atoms with van der Waals surface area (Å²) in [6, 6.07) is -0.647. The fourth-order valence-electron chi connectivity index (χ4n) is 1.31. The summed E-state index contributed by atoms with van der Waals surface area (Å²) in [6.45, 7) is 0. The molecule has 0 spiro atoms. The zero-order valence-electron chi connectivity index (χ0n) is 8.31. The van der Waals surface area contributed by atoms with Crippen molar-refractivity contribution >= 4 is 0 Å². The van der Waals surface area contributed by atoms with Crippen molar-refractivity contribution in [1.82, 2.24) is 0 Å². The number of nitrogens with two attached hydrogens (primary N) is 1. The monoisotopic (exact) mass is 253 g/mol. The first-order chi connectivity index (χ1) is 7.64. The van der Waals surface area contributed by atoms with Crippen molar-refractivity contribution in [2.75, 3.05) is 0 Å². The van der Waals surface area contributed by atoms with Gasteiger partial charge in [0.1, 0.15) is 17.2 Å². The summed E-state index contributed by atoms with van der Waals surface area (Å²) in [7, 11) is 0. The summed E-state index contributed by atoms with van der Waals surface area (Å²) in [5.74, 6) is -2.21. The molecule has 0 bridgehead atoms. The second-order valence-electron chi connectivity index (χ2n) is 3.41. The van der Waals surface area contributed by atoms with Gasteiger partial charge in [0, 0.05) is 12.1 Å². The van der Waals surface area contributed by atoms with E-state index < -0.39 is 41.1 Å². The van der Waals surface area contributed by atoms with Gasteiger partial charge in [0.2, 0.25) is 0 Å². The van der Waals surface area contributed by atoms with Gasteiger partial charge in [-0.05, 0) is 0 Å². The maximum Gasteiger partial charge on any atom is 0.416 e. The molecule has 8 heteroatoms. The predicted molar refractivity (Wildman–Crippen MR) is 50.4 cm³/mol. The van der Waals surface area contributed by atoms with E-state index in [4.69, 9.17) is 15.9 Å². The number of aliphatic hydroxyl groups excluding tert-OH is 1. The van der Waals surface area contributed by atoms with Crippen molar-refractivity contribution in [1.29, 1.82) is 0 Å². The number of benzene rings is 1. The molecule has 17 heavy (non-hydrogen) atoms. The van der Waals surface area contributed by atoms with Crippen LogP contribution in [-0.4, -0.2) is 32.7 Å². The Labute approximate surface area is 93.5 Å². The van der Waals surface area contributed by atoms with Gasteiger partial charge in [-0.25, -0.2) is 0 Å². The lowest BCUT2D eigenvalue weighted by Crippen LogP contribution is -2.38. The molecule has 0 aliphatic carbocycles. The Morgan fingerprint density at radius 2 is 1.47 bits per heavy atom. The van der Waals surface area contributed by atoms with Crippen LogP contribution in [0, 0.1) is 0 Å². The van der Waals surface area contributed by atoms with E-state index in [1.807, 2.05) is 0 Å². The SMILES string of the molecule is N[C@@H](c1c(O)cc(O)cc1O)[C@H](O)C(F)(F)F. The van der Waals surface area contributed by atoms with Gasteiger partial charge in [0.05, 0.1) is 11.6 Å². The minimum absolute atomic E-state index is 0.544. The largest absolute Gasteiger partial charge is 0.508 e. The van der Waals surface area contributed by atoms with Crippen LogP contribution in [0.2, 0.25) is 0 Å². The molecule has 0 saturated carbocycles. The average Bonchev–Trinajstić information content (AvgIpc) is 2.13. The van der Waals surface area contributed by atoms with Gasteiger partial charge in [0.25, 0.3) is 0 Å². The zero-order chi connectivity index (χ0) is 13.4. The quantitative estimate of drug-likeness (QED) is 0.534. The molecule has 0 fully saturated rings. The molecule has 1 rings (SSSR count). The lowest BCUT2D eigenvalue weighted by molar-refractivity contribution is -0.210. The number of hydrogen-bond acceptors (Lipinski definition) is 5. The van der Waals surface area contributed by atoms with E-state index in [0.717, 1.165) is 0 Å². The van der Waals surface area contributed by atoms with E-state index in [9.17, 15) is 23.4 Å². The standard InChI is InChI=1S/C9H10F3NO4/c10-9(11,12)8(17)7(13)6-4(15)1-3(14)2-5(6)16/h1-2,7-8,14-17H,13H2/t7-,8-/m0/s1. The van der Waals surface area contributed by atoms with Gasteiger partial charge in [0.15, 0.2) is 6.10 Å². The van der Waals surface area contributed by atoms with Gasteiger partial charge in [-0.3, -0.25) is 0 Å². The first kappa shape index (κ1) is 13.4. The van der Waals surface area contributed by atoms with Crippen molar-refractivity contribution in [3.8, 4) is 17.2 Å². The van der Waals surface area contributed by atoms with E-state index in [1.165, 1.54) is 0 Å². The average molecular weight is 253 g/mol. The van der Waals surface area contributed by atoms with Crippen LogP contribution in [0.15, 0.2) is 12.1 Å². The highest BCUT2D eigenvalue weighted by Crippen LogP contribution is 2.39. The fraction of sp³-hybridized carbons (Fsp3) is 0.333. The Hall–Kier alpha value is -1.67. The Kier molecular flexibility index (Phi) is 3.39. The normalized spacial score (nSPS) is 15.6. The Bertz CT molecular complexity index is 398. The lowest BCUT2D eigenvalue weighted by Gasteiger charge is -2.22. The molecule has 2 atom stereocenters. The van der Waals surface area contributed by atoms with Crippen LogP contribution in [0.1, 0.15) is 11.6 Å². The highest BCUT2D eigenvalue weighted by molar-refractivity contribution is 5.50. The molecule has 0 aromatic heterocycles. The summed E-state index contributed by atoms with van der Waals surface area (Å²) in [4.78, 5) is 0. The highest BCUT2D eigenvalue weighted by Gasteiger charge is 2.44. The summed E-state index contributed by atoms with van der Waals surface area (Å²) in [5, 5.41) is 36.4. The Balaban J connectivity index is 3.17. The van der Waals surface area contributed by atoms with E-state index in [0.29, 0.717) is 12.1 Å². The summed E-state index contributed by atoms with van der Waals surface area (Å²) in [6.07, 6.45) is -7.93. The molecule has 0 aliphatic rings. The molecule has 96 valence electrons. The molecular formula is C9H10F3NO4. The predicted octanol–water partition coefficient (Wildman–Crippen LogP) is 0.726. The molecular weight excluding hydrogens is 243 g/mol. The smallest absolute Gasteiger partial charge is 0.416 e. The third-order valence-corrected chi connectivity index (χ3v) is 2.13. The topological polar surface area (TPSA) is 107 Å². The van der Waals surface area contributed by atoms with Crippen LogP contribution in [-0.2, 0) is 0 Å². The van der Waals surface area contributed by atoms with Crippen molar-refractivity contribution in [3.63, 3.8) is 0 Å². The van der Waals surface area contributed by atoms with Crippen molar-refractivity contribution in [3.05, 3.63) is 17.7 Å². The maximum absolute atomic E-state index is 12.2. The van der Waals surface area contributed by atoms with Crippen LogP contribution in [0.4, 0.5) is 13.2 Å². The van der Waals surface area contributed by atoms with E-state index >= 15 is 0 Å². The minimum atomic E-state index is -4.99. The third kappa shape index (κ3) is 2.71. The molecule has 0 saturated heterocycles. The molecule has 1 aromatic carbocycles. The molecule has 1 aromatic rings. The van der Waals surface area contributed by atoms with Crippen LogP contribution < -0.4 is 5.73 Å². The minimum Gasteiger partial charge on any atom is -0.508 e. The van der Waals surface area contributed by atoms with Gasteiger partial charge in [-0.1, -0.05) is 0 Å². The Morgan fingerprint density at radius 3 is 1.82 bits per heavy atom. The van der Waals surface area contributed by atoms with Crippen molar-refractivity contribution < 1.29 is 33.6 Å². The van der Waals surface area contributed by atoms with Crippen LogP contribution in [0.5, 0.6) is 17.2 Å². The van der Waals surface area contributed by atoms with Crippen molar-refractivity contribution in [2.45, 2.75) is 18.3 Å². The maximum atomic E-state index is 12.2. The number of aromatic hydroxyl groups is 3. The van der Waals surface area contributed by atoms with Gasteiger partial charge >= 0.3 is 6.18 Å². The van der Waals surface area contributed by atoms with Crippen LogP contribution in [0.25, 0.3) is 0 Å². The van der Waals surface area contributed by atoms with E-state index in [2.05, 4.69) is 0 Å². The molecule has 0 amide bonds. The van der Waals surface area contributed by atoms with Gasteiger partial charge < -0.3 is 26.2 Å². The second-order valence-corrected chi connectivity index (χ2v) is 3.41. The lowest BCUT2D eigenvalue weighted by atomic mass is 9.99. The molecule has 0 radical (unpaired) electrons. The first-order valence-electron chi connectivity index (χ1n) is 4.39. The first-order valence-corrected chi connectivity index (χ1v) is 4.39. The number of halogens is 3. The van der Waals surface area contributed by atoms with Gasteiger partial charge in [-0.2, -0.15) is 13.2 Å². The molecule has 0 aliphatic heterocycles. The summed E-state index contributed by atoms with van der Waals surface area (Å²) < 4.78 is 36.6. The number of phenolic OH excluding ortho intramolecular Hbond substituents is 3. The van der Waals surface area contributed by atoms with E-state index in [1.54, 1.807) is 0 Å². The number of hydrogen-bond donors (Lipinski definition) is 5. The Morgan fingerprint density at radius 1 is 1.06 bits per heavy atom. The van der Waals surface area contributed by atoms with Crippen LogP contribution >= 0.6 is 0 Å². The second kappa shape index (κ2) is 4.30. The summed E-state index contributed by atoms with van der Waals surface area (Å²) >= 11 is 0. The molecule has 6 N–H and O–H groups in total.